The van der Waals surface area contributed by atoms with Crippen molar-refractivity contribution in [1.29, 1.82) is 0 Å². The second-order valence-corrected chi connectivity index (χ2v) is 4.94. The SMILES string of the molecule is O=C(N[C@@H]1CC[C@H](C(=O)O)C1)C1CCOCC1. The van der Waals surface area contributed by atoms with Crippen LogP contribution in [0.4, 0.5) is 0 Å². The molecule has 2 rings (SSSR count). The van der Waals surface area contributed by atoms with Gasteiger partial charge in [0.25, 0.3) is 0 Å². The number of carbonyl (C=O) groups excluding carboxylic acids is 1. The van der Waals surface area contributed by atoms with E-state index in [2.05, 4.69) is 5.32 Å². The molecule has 1 heterocycles. The van der Waals surface area contributed by atoms with E-state index in [-0.39, 0.29) is 23.8 Å². The molecule has 0 spiro atoms. The molecule has 0 aromatic carbocycles. The number of aliphatic carboxylic acids is 1. The van der Waals surface area contributed by atoms with Crippen molar-refractivity contribution in [3.05, 3.63) is 0 Å². The maximum Gasteiger partial charge on any atom is 0.306 e. The second-order valence-electron chi connectivity index (χ2n) is 4.94. The van der Waals surface area contributed by atoms with E-state index < -0.39 is 5.97 Å². The average Bonchev–Trinajstić information content (AvgIpc) is 2.79. The van der Waals surface area contributed by atoms with E-state index in [4.69, 9.17) is 9.84 Å². The fraction of sp³-hybridized carbons (Fsp3) is 0.833. The molecule has 5 heteroatoms. The number of carboxylic acids is 1. The predicted octanol–water partition coefficient (Wildman–Crippen LogP) is 0.782. The van der Waals surface area contributed by atoms with Gasteiger partial charge in [0.05, 0.1) is 5.92 Å². The Bertz CT molecular complexity index is 299. The van der Waals surface area contributed by atoms with Crippen LogP contribution in [0.5, 0.6) is 0 Å². The lowest BCUT2D eigenvalue weighted by Gasteiger charge is -2.23. The summed E-state index contributed by atoms with van der Waals surface area (Å²) < 4.78 is 5.21. The molecule has 0 radical (unpaired) electrons. The van der Waals surface area contributed by atoms with E-state index >= 15 is 0 Å². The first kappa shape index (κ1) is 12.4. The van der Waals surface area contributed by atoms with E-state index in [1.165, 1.54) is 0 Å². The van der Waals surface area contributed by atoms with Crippen molar-refractivity contribution in [1.82, 2.24) is 5.32 Å². The van der Waals surface area contributed by atoms with Gasteiger partial charge >= 0.3 is 5.97 Å². The molecule has 1 amide bonds. The molecule has 0 unspecified atom stereocenters. The van der Waals surface area contributed by atoms with Crippen LogP contribution >= 0.6 is 0 Å². The zero-order valence-corrected chi connectivity index (χ0v) is 9.85. The fourth-order valence-electron chi connectivity index (χ4n) is 2.62. The van der Waals surface area contributed by atoms with Gasteiger partial charge in [-0.1, -0.05) is 0 Å². The molecule has 2 N–H and O–H groups in total. The Labute approximate surface area is 101 Å². The highest BCUT2D eigenvalue weighted by Crippen LogP contribution is 2.26. The third-order valence-electron chi connectivity index (χ3n) is 3.72. The van der Waals surface area contributed by atoms with Crippen LogP contribution in [0.1, 0.15) is 32.1 Å². The van der Waals surface area contributed by atoms with Crippen molar-refractivity contribution >= 4 is 11.9 Å². The Hall–Kier alpha value is -1.10. The smallest absolute Gasteiger partial charge is 0.306 e. The quantitative estimate of drug-likeness (QED) is 0.765. The molecule has 1 saturated carbocycles. The summed E-state index contributed by atoms with van der Waals surface area (Å²) in [5.41, 5.74) is 0. The Balaban J connectivity index is 1.77. The molecule has 96 valence electrons. The van der Waals surface area contributed by atoms with Gasteiger partial charge in [-0.05, 0) is 32.1 Å². The van der Waals surface area contributed by atoms with Crippen molar-refractivity contribution in [2.45, 2.75) is 38.1 Å². The minimum absolute atomic E-state index is 0.0476. The van der Waals surface area contributed by atoms with Crippen molar-refractivity contribution in [3.63, 3.8) is 0 Å². The fourth-order valence-corrected chi connectivity index (χ4v) is 2.62. The summed E-state index contributed by atoms with van der Waals surface area (Å²) in [6.07, 6.45) is 3.59. The molecule has 2 atom stereocenters. The van der Waals surface area contributed by atoms with Gasteiger partial charge in [-0.2, -0.15) is 0 Å². The molecular formula is C12H19NO4. The van der Waals surface area contributed by atoms with Gasteiger partial charge in [-0.15, -0.1) is 0 Å². The number of rotatable bonds is 3. The second kappa shape index (κ2) is 5.49. The van der Waals surface area contributed by atoms with Crippen LogP contribution in [0.2, 0.25) is 0 Å². The Morgan fingerprint density at radius 1 is 1.06 bits per heavy atom. The highest BCUT2D eigenvalue weighted by atomic mass is 16.5. The molecular weight excluding hydrogens is 222 g/mol. The lowest BCUT2D eigenvalue weighted by atomic mass is 9.99. The van der Waals surface area contributed by atoms with Crippen LogP contribution in [0, 0.1) is 11.8 Å². The van der Waals surface area contributed by atoms with Gasteiger partial charge in [0.15, 0.2) is 0 Å². The van der Waals surface area contributed by atoms with Crippen LogP contribution in [0.3, 0.4) is 0 Å². The summed E-state index contributed by atoms with van der Waals surface area (Å²) in [7, 11) is 0. The molecule has 2 aliphatic rings. The standard InChI is InChI=1S/C12H19NO4/c14-11(8-3-5-17-6-4-8)13-10-2-1-9(7-10)12(15)16/h8-10H,1-7H2,(H,13,14)(H,15,16)/t9-,10+/m0/s1. The van der Waals surface area contributed by atoms with E-state index in [1.54, 1.807) is 0 Å². The van der Waals surface area contributed by atoms with Crippen LogP contribution in [-0.2, 0) is 14.3 Å². The van der Waals surface area contributed by atoms with E-state index in [0.29, 0.717) is 26.1 Å². The Kier molecular flexibility index (Phi) is 3.99. The van der Waals surface area contributed by atoms with E-state index in [9.17, 15) is 9.59 Å². The Morgan fingerprint density at radius 3 is 2.35 bits per heavy atom. The molecule has 1 aliphatic carbocycles. The summed E-state index contributed by atoms with van der Waals surface area (Å²) in [5.74, 6) is -0.903. The maximum atomic E-state index is 11.9. The molecule has 0 aromatic rings. The third-order valence-corrected chi connectivity index (χ3v) is 3.72. The van der Waals surface area contributed by atoms with E-state index in [1.807, 2.05) is 0 Å². The number of carboxylic acid groups (broad SMARTS) is 1. The minimum atomic E-state index is -0.743. The van der Waals surface area contributed by atoms with Gasteiger partial charge in [-0.3, -0.25) is 9.59 Å². The van der Waals surface area contributed by atoms with Gasteiger partial charge < -0.3 is 15.2 Å². The zero-order chi connectivity index (χ0) is 12.3. The van der Waals surface area contributed by atoms with Crippen LogP contribution in [0.15, 0.2) is 0 Å². The molecule has 17 heavy (non-hydrogen) atoms. The van der Waals surface area contributed by atoms with Crippen LogP contribution in [-0.4, -0.2) is 36.2 Å². The number of amides is 1. The monoisotopic (exact) mass is 241 g/mol. The number of nitrogens with one attached hydrogen (secondary N) is 1. The summed E-state index contributed by atoms with van der Waals surface area (Å²) >= 11 is 0. The lowest BCUT2D eigenvalue weighted by molar-refractivity contribution is -0.141. The first-order chi connectivity index (χ1) is 8.16. The minimum Gasteiger partial charge on any atom is -0.481 e. The third kappa shape index (κ3) is 3.19. The number of hydrogen-bond donors (Lipinski definition) is 2. The van der Waals surface area contributed by atoms with Gasteiger partial charge in [0, 0.05) is 25.2 Å². The predicted molar refractivity (Wildman–Crippen MR) is 60.5 cm³/mol. The summed E-state index contributed by atoms with van der Waals surface area (Å²) in [6, 6.07) is 0.0476. The normalized spacial score (nSPS) is 30.1. The first-order valence-corrected chi connectivity index (χ1v) is 6.27. The van der Waals surface area contributed by atoms with Gasteiger partial charge in [-0.25, -0.2) is 0 Å². The first-order valence-electron chi connectivity index (χ1n) is 6.27. The van der Waals surface area contributed by atoms with Crippen molar-refractivity contribution in [2.75, 3.05) is 13.2 Å². The van der Waals surface area contributed by atoms with Gasteiger partial charge in [0.1, 0.15) is 0 Å². The van der Waals surface area contributed by atoms with Crippen molar-refractivity contribution < 1.29 is 19.4 Å². The highest BCUT2D eigenvalue weighted by Gasteiger charge is 2.32. The summed E-state index contributed by atoms with van der Waals surface area (Å²) in [5, 5.41) is 11.9. The van der Waals surface area contributed by atoms with Gasteiger partial charge in [0.2, 0.25) is 5.91 Å². The molecule has 0 aromatic heterocycles. The molecule has 0 bridgehead atoms. The summed E-state index contributed by atoms with van der Waals surface area (Å²) in [4.78, 5) is 22.7. The maximum absolute atomic E-state index is 11.9. The van der Waals surface area contributed by atoms with Crippen molar-refractivity contribution in [2.24, 2.45) is 11.8 Å². The van der Waals surface area contributed by atoms with Crippen molar-refractivity contribution in [3.8, 4) is 0 Å². The summed E-state index contributed by atoms with van der Waals surface area (Å²) in [6.45, 7) is 1.31. The largest absolute Gasteiger partial charge is 0.481 e. The van der Waals surface area contributed by atoms with E-state index in [0.717, 1.165) is 19.3 Å². The topological polar surface area (TPSA) is 75.6 Å². The Morgan fingerprint density at radius 2 is 1.76 bits per heavy atom. The molecule has 1 saturated heterocycles. The lowest BCUT2D eigenvalue weighted by Crippen LogP contribution is -2.39. The highest BCUT2D eigenvalue weighted by molar-refractivity contribution is 5.79. The average molecular weight is 241 g/mol. The molecule has 5 nitrogen and oxygen atoms in total. The zero-order valence-electron chi connectivity index (χ0n) is 9.85. The molecule has 1 aliphatic heterocycles. The van der Waals surface area contributed by atoms with Crippen LogP contribution < -0.4 is 5.32 Å². The number of ether oxygens (including phenoxy) is 1. The number of carbonyl (C=O) groups is 2. The van der Waals surface area contributed by atoms with Crippen LogP contribution in [0.25, 0.3) is 0 Å². The number of hydrogen-bond acceptors (Lipinski definition) is 3. The molecule has 2 fully saturated rings.